The van der Waals surface area contributed by atoms with E-state index in [1.54, 1.807) is 0 Å². The van der Waals surface area contributed by atoms with Crippen LogP contribution in [0.5, 0.6) is 0 Å². The van der Waals surface area contributed by atoms with E-state index in [4.69, 9.17) is 5.11 Å². The quantitative estimate of drug-likeness (QED) is 0.417. The highest BCUT2D eigenvalue weighted by Gasteiger charge is 2.43. The van der Waals surface area contributed by atoms with Gasteiger partial charge in [-0.3, -0.25) is 14.4 Å². The van der Waals surface area contributed by atoms with Crippen LogP contribution in [0, 0.1) is 0 Å². The Kier molecular flexibility index (Phi) is 4.51. The zero-order valence-corrected chi connectivity index (χ0v) is 13.0. The molecule has 0 radical (unpaired) electrons. The first-order valence-corrected chi connectivity index (χ1v) is 7.66. The van der Waals surface area contributed by atoms with E-state index in [9.17, 15) is 24.6 Å². The number of aliphatic hydroxyl groups is 2. The number of imidazole rings is 1. The van der Waals surface area contributed by atoms with Gasteiger partial charge in [0.25, 0.3) is 5.56 Å². The maximum atomic E-state index is 11.8. The lowest BCUT2D eigenvalue weighted by Crippen LogP contribution is -2.43. The summed E-state index contributed by atoms with van der Waals surface area (Å²) in [5, 5.41) is 31.6. The van der Waals surface area contributed by atoms with E-state index in [1.807, 2.05) is 0 Å². The van der Waals surface area contributed by atoms with Gasteiger partial charge in [-0.2, -0.15) is 0 Å². The number of aliphatic hydroxyl groups excluding tert-OH is 2. The van der Waals surface area contributed by atoms with Crippen molar-refractivity contribution in [3.05, 3.63) is 23.0 Å². The van der Waals surface area contributed by atoms with Gasteiger partial charge in [-0.15, -0.1) is 0 Å². The fraction of sp³-hybridized carbons (Fsp3) is 0.500. The van der Waals surface area contributed by atoms with Gasteiger partial charge in [-0.1, -0.05) is 0 Å². The van der Waals surface area contributed by atoms with Crippen LogP contribution in [0.3, 0.4) is 0 Å². The molecule has 1 amide bonds. The molecule has 0 aliphatic heterocycles. The molecule has 0 aromatic carbocycles. The predicted octanol–water partition coefficient (Wildman–Crippen LogP) is -1.86. The van der Waals surface area contributed by atoms with E-state index in [0.29, 0.717) is 0 Å². The monoisotopic (exact) mass is 351 g/mol. The number of carboxylic acids is 1. The fourth-order valence-electron chi connectivity index (χ4n) is 3.03. The number of carbonyl (C=O) groups is 2. The lowest BCUT2D eigenvalue weighted by Gasteiger charge is -2.18. The normalized spacial score (nSPS) is 26.0. The minimum absolute atomic E-state index is 0.109. The molecule has 1 aliphatic carbocycles. The Hall–Kier alpha value is -2.79. The molecule has 0 unspecified atom stereocenters. The first kappa shape index (κ1) is 17.0. The smallest absolute Gasteiger partial charge is 0.303 e. The number of nitrogens with zero attached hydrogens (tertiary/aromatic N) is 3. The van der Waals surface area contributed by atoms with Crippen LogP contribution in [0.25, 0.3) is 11.2 Å². The van der Waals surface area contributed by atoms with Crippen LogP contribution in [-0.4, -0.2) is 65.0 Å². The topological polar surface area (TPSA) is 170 Å². The molecule has 4 atom stereocenters. The molecule has 1 aliphatic rings. The Balaban J connectivity index is 1.77. The van der Waals surface area contributed by atoms with Gasteiger partial charge < -0.3 is 30.2 Å². The SMILES string of the molecule is O=C(O)CCC(=O)N[C@@H]1C[C@H](n2cnc3c(=O)[nH]cnc32)[C@H](O)[C@@H]1O. The third kappa shape index (κ3) is 3.23. The minimum atomic E-state index is -1.24. The number of hydrogen-bond acceptors (Lipinski definition) is 7. The summed E-state index contributed by atoms with van der Waals surface area (Å²) in [5.41, 5.74) is -0.0497. The van der Waals surface area contributed by atoms with E-state index in [1.165, 1.54) is 17.2 Å². The number of aromatic nitrogens is 4. The third-order valence-electron chi connectivity index (χ3n) is 4.29. The van der Waals surface area contributed by atoms with Gasteiger partial charge in [0.1, 0.15) is 12.2 Å². The molecular formula is C14H17N5O6. The predicted molar refractivity (Wildman–Crippen MR) is 82.6 cm³/mol. The summed E-state index contributed by atoms with van der Waals surface area (Å²) in [4.78, 5) is 44.4. The van der Waals surface area contributed by atoms with Crippen LogP contribution >= 0.6 is 0 Å². The summed E-state index contributed by atoms with van der Waals surface area (Å²) in [5.74, 6) is -1.62. The second-order valence-corrected chi connectivity index (χ2v) is 5.91. The summed E-state index contributed by atoms with van der Waals surface area (Å²) in [7, 11) is 0. The van der Waals surface area contributed by atoms with Crippen molar-refractivity contribution < 1.29 is 24.9 Å². The maximum absolute atomic E-state index is 11.8. The fourth-order valence-corrected chi connectivity index (χ4v) is 3.03. The Morgan fingerprint density at radius 2 is 2.04 bits per heavy atom. The molecule has 0 saturated heterocycles. The van der Waals surface area contributed by atoms with Crippen molar-refractivity contribution in [1.29, 1.82) is 0 Å². The molecule has 2 aromatic heterocycles. The van der Waals surface area contributed by atoms with Crippen LogP contribution < -0.4 is 10.9 Å². The highest BCUT2D eigenvalue weighted by atomic mass is 16.4. The molecule has 134 valence electrons. The van der Waals surface area contributed by atoms with Gasteiger partial charge in [0.2, 0.25) is 5.91 Å². The van der Waals surface area contributed by atoms with Crippen molar-refractivity contribution >= 4 is 23.0 Å². The van der Waals surface area contributed by atoms with Crippen molar-refractivity contribution in [2.45, 2.75) is 43.6 Å². The van der Waals surface area contributed by atoms with Gasteiger partial charge in [0, 0.05) is 6.42 Å². The molecule has 0 bridgehead atoms. The largest absolute Gasteiger partial charge is 0.481 e. The van der Waals surface area contributed by atoms with E-state index >= 15 is 0 Å². The van der Waals surface area contributed by atoms with E-state index in [0.717, 1.165) is 0 Å². The van der Waals surface area contributed by atoms with Crippen LogP contribution in [-0.2, 0) is 9.59 Å². The molecule has 1 saturated carbocycles. The Morgan fingerprint density at radius 1 is 1.28 bits per heavy atom. The van der Waals surface area contributed by atoms with E-state index < -0.39 is 41.7 Å². The zero-order chi connectivity index (χ0) is 18.1. The van der Waals surface area contributed by atoms with Crippen LogP contribution in [0.15, 0.2) is 17.4 Å². The summed E-state index contributed by atoms with van der Waals surface area (Å²) in [6.07, 6.45) is -0.236. The Labute approximate surface area is 140 Å². The number of rotatable bonds is 5. The number of amides is 1. The number of carbonyl (C=O) groups excluding carboxylic acids is 1. The molecule has 0 spiro atoms. The van der Waals surface area contributed by atoms with E-state index in [2.05, 4.69) is 20.3 Å². The van der Waals surface area contributed by atoms with Gasteiger partial charge in [-0.05, 0) is 6.42 Å². The minimum Gasteiger partial charge on any atom is -0.481 e. The molecule has 5 N–H and O–H groups in total. The summed E-state index contributed by atoms with van der Waals surface area (Å²) < 4.78 is 1.49. The highest BCUT2D eigenvalue weighted by Crippen LogP contribution is 2.32. The van der Waals surface area contributed by atoms with Crippen LogP contribution in [0.4, 0.5) is 0 Å². The number of carboxylic acid groups (broad SMARTS) is 1. The molecule has 3 rings (SSSR count). The van der Waals surface area contributed by atoms with Gasteiger partial charge in [0.15, 0.2) is 11.2 Å². The number of aromatic amines is 1. The molecule has 25 heavy (non-hydrogen) atoms. The molecular weight excluding hydrogens is 334 g/mol. The second-order valence-electron chi connectivity index (χ2n) is 5.91. The number of hydrogen-bond donors (Lipinski definition) is 5. The zero-order valence-electron chi connectivity index (χ0n) is 13.0. The molecule has 2 heterocycles. The first-order valence-electron chi connectivity index (χ1n) is 7.66. The second kappa shape index (κ2) is 6.61. The lowest BCUT2D eigenvalue weighted by molar-refractivity contribution is -0.139. The Bertz CT molecular complexity index is 861. The van der Waals surface area contributed by atoms with Crippen LogP contribution in [0.1, 0.15) is 25.3 Å². The van der Waals surface area contributed by atoms with Crippen molar-refractivity contribution in [2.75, 3.05) is 0 Å². The highest BCUT2D eigenvalue weighted by molar-refractivity contribution is 5.80. The molecule has 1 fully saturated rings. The summed E-state index contributed by atoms with van der Waals surface area (Å²) >= 11 is 0. The maximum Gasteiger partial charge on any atom is 0.303 e. The molecule has 11 nitrogen and oxygen atoms in total. The van der Waals surface area contributed by atoms with Gasteiger partial charge >= 0.3 is 5.97 Å². The molecule has 11 heteroatoms. The van der Waals surface area contributed by atoms with Gasteiger partial charge in [0.05, 0.1) is 31.2 Å². The van der Waals surface area contributed by atoms with Crippen LogP contribution in [0.2, 0.25) is 0 Å². The Morgan fingerprint density at radius 3 is 2.76 bits per heavy atom. The number of fused-ring (bicyclic) bond motifs is 1. The summed E-state index contributed by atoms with van der Waals surface area (Å²) in [6.45, 7) is 0. The molecule has 2 aromatic rings. The van der Waals surface area contributed by atoms with Crippen molar-refractivity contribution in [2.24, 2.45) is 0 Å². The number of aliphatic carboxylic acids is 1. The standard InChI is InChI=1S/C14H17N5O6/c20-8(1-2-9(21)22)18-6-3-7(12(24)11(6)23)19-5-17-10-13(19)15-4-16-14(10)25/h4-7,11-12,23-24H,1-3H2,(H,18,20)(H,21,22)(H,15,16,25)/t6-,7+,11-,12+/m1/s1. The lowest BCUT2D eigenvalue weighted by atomic mass is 10.2. The van der Waals surface area contributed by atoms with Gasteiger partial charge in [-0.25, -0.2) is 9.97 Å². The summed E-state index contributed by atoms with van der Waals surface area (Å²) in [6, 6.07) is -1.39. The van der Waals surface area contributed by atoms with Crippen molar-refractivity contribution in [3.63, 3.8) is 0 Å². The average molecular weight is 351 g/mol. The van der Waals surface area contributed by atoms with Crippen molar-refractivity contribution in [3.8, 4) is 0 Å². The first-order chi connectivity index (χ1) is 11.9. The number of H-pyrrole nitrogens is 1. The van der Waals surface area contributed by atoms with E-state index in [-0.39, 0.29) is 30.4 Å². The average Bonchev–Trinajstić information content (AvgIpc) is 3.10. The van der Waals surface area contributed by atoms with Crippen molar-refractivity contribution in [1.82, 2.24) is 24.8 Å². The number of nitrogens with one attached hydrogen (secondary N) is 2. The third-order valence-corrected chi connectivity index (χ3v) is 4.29.